The predicted octanol–water partition coefficient (Wildman–Crippen LogP) is 2.21. The number of ether oxygens (including phenoxy) is 1. The topological polar surface area (TPSA) is 87.7 Å². The van der Waals surface area contributed by atoms with E-state index in [-0.39, 0.29) is 16.8 Å². The van der Waals surface area contributed by atoms with E-state index < -0.39 is 10.0 Å². The van der Waals surface area contributed by atoms with Crippen LogP contribution in [-0.4, -0.2) is 46.7 Å². The number of morpholine rings is 1. The van der Waals surface area contributed by atoms with Gasteiger partial charge in [-0.05, 0) is 54.7 Å². The van der Waals surface area contributed by atoms with Gasteiger partial charge in [-0.25, -0.2) is 13.1 Å². The Morgan fingerprint density at radius 2 is 1.61 bits per heavy atom. The Hall–Kier alpha value is -2.42. The number of sulfonamides is 1. The van der Waals surface area contributed by atoms with Gasteiger partial charge in [-0.2, -0.15) is 0 Å². The monoisotopic (exact) mass is 443 g/mol. The molecule has 1 aliphatic heterocycles. The first-order valence-corrected chi connectivity index (χ1v) is 12.3. The molecule has 31 heavy (non-hydrogen) atoms. The SMILES string of the molecule is O=C(CCc1ccc(S(=O)(=O)NC2CC2)cc1)NCc1ccc(N2CCOCC2)cc1. The van der Waals surface area contributed by atoms with Gasteiger partial charge in [0.1, 0.15) is 0 Å². The summed E-state index contributed by atoms with van der Waals surface area (Å²) in [4.78, 5) is 14.8. The molecular weight excluding hydrogens is 414 g/mol. The van der Waals surface area contributed by atoms with Crippen LogP contribution in [0.25, 0.3) is 0 Å². The molecule has 2 aliphatic rings. The van der Waals surface area contributed by atoms with Crippen LogP contribution in [0.5, 0.6) is 0 Å². The molecule has 0 radical (unpaired) electrons. The fourth-order valence-electron chi connectivity index (χ4n) is 3.52. The Bertz CT molecular complexity index is 980. The van der Waals surface area contributed by atoms with Crippen molar-refractivity contribution in [3.8, 4) is 0 Å². The van der Waals surface area contributed by atoms with Gasteiger partial charge in [0.15, 0.2) is 0 Å². The maximum absolute atomic E-state index is 12.2. The zero-order valence-electron chi connectivity index (χ0n) is 17.5. The molecule has 0 spiro atoms. The van der Waals surface area contributed by atoms with Crippen LogP contribution in [0.1, 0.15) is 30.4 Å². The second-order valence-corrected chi connectivity index (χ2v) is 9.80. The summed E-state index contributed by atoms with van der Waals surface area (Å²) in [6.45, 7) is 3.81. The van der Waals surface area contributed by atoms with E-state index in [4.69, 9.17) is 4.74 Å². The molecule has 1 saturated heterocycles. The van der Waals surface area contributed by atoms with Crippen molar-refractivity contribution in [3.63, 3.8) is 0 Å². The van der Waals surface area contributed by atoms with E-state index in [1.807, 2.05) is 12.1 Å². The molecule has 2 aromatic carbocycles. The number of nitrogens with one attached hydrogen (secondary N) is 2. The van der Waals surface area contributed by atoms with Crippen molar-refractivity contribution >= 4 is 21.6 Å². The standard InChI is InChI=1S/C23H29N3O4S/c27-23(24-17-19-1-8-21(9-2-19)26-13-15-30-16-14-26)12-5-18-3-10-22(11-4-18)31(28,29)25-20-6-7-20/h1-4,8-11,20,25H,5-7,12-17H2,(H,24,27). The van der Waals surface area contributed by atoms with E-state index in [0.717, 1.165) is 50.3 Å². The molecule has 166 valence electrons. The normalized spacial score (nSPS) is 16.8. The number of rotatable bonds is 9. The van der Waals surface area contributed by atoms with Crippen molar-refractivity contribution in [1.82, 2.24) is 10.0 Å². The first-order chi connectivity index (χ1) is 15.0. The molecule has 1 aliphatic carbocycles. The number of carbonyl (C=O) groups excluding carboxylic acids is 1. The summed E-state index contributed by atoms with van der Waals surface area (Å²) in [7, 11) is -3.43. The third-order valence-electron chi connectivity index (χ3n) is 5.58. The molecule has 2 fully saturated rings. The van der Waals surface area contributed by atoms with E-state index in [1.165, 1.54) is 5.69 Å². The van der Waals surface area contributed by atoms with Crippen LogP contribution in [0.4, 0.5) is 5.69 Å². The summed E-state index contributed by atoms with van der Waals surface area (Å²) in [5.41, 5.74) is 3.18. The number of nitrogens with zero attached hydrogens (tertiary/aromatic N) is 1. The number of hydrogen-bond acceptors (Lipinski definition) is 5. The van der Waals surface area contributed by atoms with Gasteiger partial charge in [0.2, 0.25) is 15.9 Å². The molecule has 4 rings (SSSR count). The maximum atomic E-state index is 12.2. The molecule has 2 aromatic rings. The van der Waals surface area contributed by atoms with Crippen LogP contribution in [0.2, 0.25) is 0 Å². The fraction of sp³-hybridized carbons (Fsp3) is 0.435. The maximum Gasteiger partial charge on any atom is 0.240 e. The lowest BCUT2D eigenvalue weighted by Crippen LogP contribution is -2.36. The molecule has 0 unspecified atom stereocenters. The van der Waals surface area contributed by atoms with Gasteiger partial charge in [0, 0.05) is 37.8 Å². The Kier molecular flexibility index (Phi) is 6.89. The van der Waals surface area contributed by atoms with Crippen LogP contribution in [-0.2, 0) is 32.5 Å². The minimum Gasteiger partial charge on any atom is -0.378 e. The summed E-state index contributed by atoms with van der Waals surface area (Å²) >= 11 is 0. The second-order valence-electron chi connectivity index (χ2n) is 8.08. The van der Waals surface area contributed by atoms with Crippen LogP contribution in [0, 0.1) is 0 Å². The average Bonchev–Trinajstić information content (AvgIpc) is 3.61. The zero-order valence-corrected chi connectivity index (χ0v) is 18.4. The Morgan fingerprint density at radius 1 is 0.968 bits per heavy atom. The molecule has 8 heteroatoms. The minimum atomic E-state index is -3.43. The van der Waals surface area contributed by atoms with E-state index >= 15 is 0 Å². The fourth-order valence-corrected chi connectivity index (χ4v) is 4.82. The molecule has 0 aromatic heterocycles. The lowest BCUT2D eigenvalue weighted by atomic mass is 10.1. The van der Waals surface area contributed by atoms with Crippen LogP contribution in [0.3, 0.4) is 0 Å². The molecule has 1 amide bonds. The van der Waals surface area contributed by atoms with E-state index in [9.17, 15) is 13.2 Å². The number of hydrogen-bond donors (Lipinski definition) is 2. The highest BCUT2D eigenvalue weighted by Gasteiger charge is 2.27. The average molecular weight is 444 g/mol. The number of anilines is 1. The number of carbonyl (C=O) groups is 1. The van der Waals surface area contributed by atoms with E-state index in [0.29, 0.717) is 19.4 Å². The summed E-state index contributed by atoms with van der Waals surface area (Å²) in [6.07, 6.45) is 2.74. The van der Waals surface area contributed by atoms with Crippen LogP contribution < -0.4 is 14.9 Å². The van der Waals surface area contributed by atoms with Crippen molar-refractivity contribution in [2.75, 3.05) is 31.2 Å². The lowest BCUT2D eigenvalue weighted by molar-refractivity contribution is -0.121. The van der Waals surface area contributed by atoms with Gasteiger partial charge >= 0.3 is 0 Å². The predicted molar refractivity (Wildman–Crippen MR) is 119 cm³/mol. The summed E-state index contributed by atoms with van der Waals surface area (Å²) in [6, 6.07) is 15.1. The van der Waals surface area contributed by atoms with Gasteiger partial charge < -0.3 is 15.0 Å². The van der Waals surface area contributed by atoms with Crippen molar-refractivity contribution < 1.29 is 17.9 Å². The smallest absolute Gasteiger partial charge is 0.240 e. The lowest BCUT2D eigenvalue weighted by Gasteiger charge is -2.28. The van der Waals surface area contributed by atoms with Gasteiger partial charge in [-0.3, -0.25) is 4.79 Å². The highest BCUT2D eigenvalue weighted by atomic mass is 32.2. The van der Waals surface area contributed by atoms with Crippen molar-refractivity contribution in [3.05, 3.63) is 59.7 Å². The van der Waals surface area contributed by atoms with E-state index in [1.54, 1.807) is 24.3 Å². The van der Waals surface area contributed by atoms with Crippen LogP contribution in [0.15, 0.2) is 53.4 Å². The highest BCUT2D eigenvalue weighted by Crippen LogP contribution is 2.22. The summed E-state index contributed by atoms with van der Waals surface area (Å²) in [5, 5.41) is 2.95. The molecule has 2 N–H and O–H groups in total. The summed E-state index contributed by atoms with van der Waals surface area (Å²) in [5.74, 6) is -0.0237. The molecular formula is C23H29N3O4S. The first-order valence-electron chi connectivity index (χ1n) is 10.8. The number of aryl methyl sites for hydroxylation is 1. The second kappa shape index (κ2) is 9.80. The van der Waals surface area contributed by atoms with Crippen LogP contribution >= 0.6 is 0 Å². The van der Waals surface area contributed by atoms with Crippen molar-refractivity contribution in [2.45, 2.75) is 43.2 Å². The Balaban J connectivity index is 1.21. The largest absolute Gasteiger partial charge is 0.378 e. The molecule has 1 heterocycles. The minimum absolute atomic E-state index is 0.0237. The third kappa shape index (κ3) is 6.29. The molecule has 1 saturated carbocycles. The zero-order chi connectivity index (χ0) is 21.7. The van der Waals surface area contributed by atoms with Gasteiger partial charge in [-0.15, -0.1) is 0 Å². The quantitative estimate of drug-likeness (QED) is 0.621. The van der Waals surface area contributed by atoms with Crippen molar-refractivity contribution in [1.29, 1.82) is 0 Å². The Labute approximate surface area is 183 Å². The number of amides is 1. The highest BCUT2D eigenvalue weighted by molar-refractivity contribution is 7.89. The van der Waals surface area contributed by atoms with E-state index in [2.05, 4.69) is 27.1 Å². The van der Waals surface area contributed by atoms with Gasteiger partial charge in [-0.1, -0.05) is 24.3 Å². The summed E-state index contributed by atoms with van der Waals surface area (Å²) < 4.78 is 32.5. The third-order valence-corrected chi connectivity index (χ3v) is 7.11. The molecule has 0 atom stereocenters. The molecule has 7 nitrogen and oxygen atoms in total. The van der Waals surface area contributed by atoms with Crippen molar-refractivity contribution in [2.24, 2.45) is 0 Å². The Morgan fingerprint density at radius 3 is 2.26 bits per heavy atom. The number of benzene rings is 2. The first kappa shape index (κ1) is 21.8. The molecule has 0 bridgehead atoms. The van der Waals surface area contributed by atoms with Gasteiger partial charge in [0.25, 0.3) is 0 Å². The van der Waals surface area contributed by atoms with Gasteiger partial charge in [0.05, 0.1) is 18.1 Å².